The van der Waals surface area contributed by atoms with Crippen LogP contribution >= 0.6 is 0 Å². The fourth-order valence-corrected chi connectivity index (χ4v) is 10.8. The smallest absolute Gasteiger partial charge is 0.145 e. The van der Waals surface area contributed by atoms with Crippen LogP contribution in [0.25, 0.3) is 116 Å². The molecule has 4 nitrogen and oxygen atoms in total. The van der Waals surface area contributed by atoms with Gasteiger partial charge in [0.15, 0.2) is 0 Å². The van der Waals surface area contributed by atoms with E-state index in [9.17, 15) is 0 Å². The van der Waals surface area contributed by atoms with Gasteiger partial charge < -0.3 is 18.3 Å². The summed E-state index contributed by atoms with van der Waals surface area (Å²) >= 11 is 0. The van der Waals surface area contributed by atoms with Gasteiger partial charge in [0.2, 0.25) is 0 Å². The Morgan fingerprint density at radius 1 is 0.309 bits per heavy atom. The number of furan rings is 2. The Morgan fingerprint density at radius 3 is 1.53 bits per heavy atom. The highest BCUT2D eigenvalue weighted by molar-refractivity contribution is 6.18. The van der Waals surface area contributed by atoms with Crippen LogP contribution in [0.4, 0.5) is 17.1 Å². The molecule has 3 aromatic heterocycles. The van der Waals surface area contributed by atoms with Gasteiger partial charge in [0.1, 0.15) is 22.3 Å². The zero-order valence-electron chi connectivity index (χ0n) is 36.8. The highest BCUT2D eigenvalue weighted by Crippen LogP contribution is 2.48. The number of hydrogen-bond donors (Lipinski definition) is 0. The number of fused-ring (bicyclic) bond motifs is 10. The van der Waals surface area contributed by atoms with Gasteiger partial charge in [0.05, 0.1) is 27.8 Å². The summed E-state index contributed by atoms with van der Waals surface area (Å²) in [6.07, 6.45) is 0. The highest BCUT2D eigenvalue weighted by atomic mass is 16.3. The SMILES string of the molecule is c1ccc(-n2c3ccccc3c3ccccc32)c(-c2ccc(N(c3ccc(-c4cccc5ccccc45)cc3)c3ccc(-c4cccc5oc6ccccc6c45)cc3)c3c2oc2ccccc23)c1. The first-order chi connectivity index (χ1) is 33.7. The maximum Gasteiger partial charge on any atom is 0.145 e. The normalized spacial score (nSPS) is 11.8. The van der Waals surface area contributed by atoms with Gasteiger partial charge in [-0.25, -0.2) is 0 Å². The molecule has 318 valence electrons. The predicted octanol–water partition coefficient (Wildman–Crippen LogP) is 18.2. The zero-order chi connectivity index (χ0) is 44.7. The van der Waals surface area contributed by atoms with Gasteiger partial charge in [-0.15, -0.1) is 0 Å². The Bertz CT molecular complexity index is 4210. The summed E-state index contributed by atoms with van der Waals surface area (Å²) < 4.78 is 15.8. The minimum absolute atomic E-state index is 0.837. The summed E-state index contributed by atoms with van der Waals surface area (Å²) in [7, 11) is 0. The molecule has 0 bridgehead atoms. The van der Waals surface area contributed by atoms with Crippen LogP contribution in [0.1, 0.15) is 0 Å². The minimum atomic E-state index is 0.837. The van der Waals surface area contributed by atoms with E-state index in [1.54, 1.807) is 0 Å². The Labute approximate surface area is 391 Å². The molecule has 0 N–H and O–H groups in total. The molecule has 11 aromatic carbocycles. The lowest BCUT2D eigenvalue weighted by atomic mass is 9.96. The van der Waals surface area contributed by atoms with E-state index >= 15 is 0 Å². The van der Waals surface area contributed by atoms with Crippen LogP contribution in [-0.2, 0) is 0 Å². The number of nitrogens with zero attached hydrogens (tertiary/aromatic N) is 2. The van der Waals surface area contributed by atoms with Crippen molar-refractivity contribution in [2.45, 2.75) is 0 Å². The summed E-state index contributed by atoms with van der Waals surface area (Å²) in [6, 6.07) is 86.9. The molecule has 0 spiro atoms. The topological polar surface area (TPSA) is 34.5 Å². The zero-order valence-corrected chi connectivity index (χ0v) is 36.8. The molecular weight excluding hydrogens is 829 g/mol. The van der Waals surface area contributed by atoms with Gasteiger partial charge in [-0.3, -0.25) is 0 Å². The monoisotopic (exact) mass is 868 g/mol. The van der Waals surface area contributed by atoms with Gasteiger partial charge in [0, 0.05) is 49.4 Å². The molecule has 0 saturated heterocycles. The average molecular weight is 869 g/mol. The van der Waals surface area contributed by atoms with Crippen LogP contribution in [0.2, 0.25) is 0 Å². The van der Waals surface area contributed by atoms with Gasteiger partial charge in [0.25, 0.3) is 0 Å². The Kier molecular flexibility index (Phi) is 8.55. The lowest BCUT2D eigenvalue weighted by molar-refractivity contribution is 0.669. The van der Waals surface area contributed by atoms with Crippen molar-refractivity contribution in [3.63, 3.8) is 0 Å². The summed E-state index contributed by atoms with van der Waals surface area (Å²) in [5.74, 6) is 0. The van der Waals surface area contributed by atoms with Crippen molar-refractivity contribution >= 4 is 93.5 Å². The molecule has 0 saturated carbocycles. The second-order valence-electron chi connectivity index (χ2n) is 17.6. The largest absolute Gasteiger partial charge is 0.456 e. The maximum absolute atomic E-state index is 7.07. The van der Waals surface area contributed by atoms with E-state index in [4.69, 9.17) is 8.83 Å². The standard InChI is InChI=1S/C64H40N2O2/c1-2-17-46-41(15-1)16-13-23-47(46)42-31-35-44(36-32-42)65(45-37-33-43(34-38-45)48-24-14-30-61-62(48)53-21-6-11-28-59(53)67-61)58-40-39-52(64-63(58)54-22-7-12-29-60(54)68-64)51-20-5-10-27-57(51)66-55-25-8-3-18-49(55)50-19-4-9-26-56(50)66/h1-40H. The number of hydrogen-bond acceptors (Lipinski definition) is 3. The van der Waals surface area contributed by atoms with Crippen molar-refractivity contribution in [3.05, 3.63) is 243 Å². The predicted molar refractivity (Wildman–Crippen MR) is 284 cm³/mol. The number of rotatable bonds is 7. The molecular formula is C64H40N2O2. The number of benzene rings is 11. The van der Waals surface area contributed by atoms with E-state index in [1.165, 1.54) is 27.1 Å². The van der Waals surface area contributed by atoms with Gasteiger partial charge in [-0.2, -0.15) is 0 Å². The lowest BCUT2D eigenvalue weighted by Crippen LogP contribution is -2.10. The molecule has 68 heavy (non-hydrogen) atoms. The Hall–Kier alpha value is -9.12. The molecule has 0 aliphatic rings. The first kappa shape index (κ1) is 38.2. The highest BCUT2D eigenvalue weighted by Gasteiger charge is 2.25. The van der Waals surface area contributed by atoms with Crippen LogP contribution < -0.4 is 4.90 Å². The summed E-state index contributed by atoms with van der Waals surface area (Å²) in [5, 5.41) is 9.26. The molecule has 14 aromatic rings. The first-order valence-electron chi connectivity index (χ1n) is 23.2. The van der Waals surface area contributed by atoms with E-state index in [0.29, 0.717) is 0 Å². The van der Waals surface area contributed by atoms with E-state index in [0.717, 1.165) is 105 Å². The molecule has 0 atom stereocenters. The van der Waals surface area contributed by atoms with Crippen LogP contribution in [0.3, 0.4) is 0 Å². The lowest BCUT2D eigenvalue weighted by Gasteiger charge is -2.27. The molecule has 0 aliphatic heterocycles. The molecule has 0 unspecified atom stereocenters. The second-order valence-corrected chi connectivity index (χ2v) is 17.6. The third kappa shape index (κ3) is 5.87. The fraction of sp³-hybridized carbons (Fsp3) is 0. The summed E-state index contributed by atoms with van der Waals surface area (Å²) in [4.78, 5) is 2.39. The van der Waals surface area contributed by atoms with E-state index in [2.05, 4.69) is 240 Å². The molecule has 3 heterocycles. The van der Waals surface area contributed by atoms with Gasteiger partial charge >= 0.3 is 0 Å². The minimum Gasteiger partial charge on any atom is -0.456 e. The summed E-state index contributed by atoms with van der Waals surface area (Å²) in [5.41, 5.74) is 16.7. The van der Waals surface area contributed by atoms with Crippen LogP contribution in [-0.4, -0.2) is 4.57 Å². The first-order valence-corrected chi connectivity index (χ1v) is 23.2. The van der Waals surface area contributed by atoms with E-state index < -0.39 is 0 Å². The number of para-hydroxylation sites is 5. The van der Waals surface area contributed by atoms with Crippen molar-refractivity contribution in [1.82, 2.24) is 4.57 Å². The average Bonchev–Trinajstić information content (AvgIpc) is 4.10. The van der Waals surface area contributed by atoms with E-state index in [-0.39, 0.29) is 0 Å². The van der Waals surface area contributed by atoms with Crippen molar-refractivity contribution in [2.75, 3.05) is 4.90 Å². The number of aromatic nitrogens is 1. The fourth-order valence-electron chi connectivity index (χ4n) is 10.8. The molecule has 4 heteroatoms. The van der Waals surface area contributed by atoms with Gasteiger partial charge in [-0.05, 0) is 106 Å². The number of anilines is 3. The quantitative estimate of drug-likeness (QED) is 0.160. The molecule has 0 radical (unpaired) electrons. The van der Waals surface area contributed by atoms with Gasteiger partial charge in [-0.1, -0.05) is 170 Å². The van der Waals surface area contributed by atoms with Crippen molar-refractivity contribution in [1.29, 1.82) is 0 Å². The molecule has 0 fully saturated rings. The Morgan fingerprint density at radius 2 is 0.809 bits per heavy atom. The molecule has 14 rings (SSSR count). The molecule has 0 aliphatic carbocycles. The Balaban J connectivity index is 0.981. The van der Waals surface area contributed by atoms with Crippen molar-refractivity contribution < 1.29 is 8.83 Å². The van der Waals surface area contributed by atoms with E-state index in [1.807, 2.05) is 12.1 Å². The maximum atomic E-state index is 7.07. The third-order valence-electron chi connectivity index (χ3n) is 13.8. The van der Waals surface area contributed by atoms with Crippen LogP contribution in [0.15, 0.2) is 251 Å². The van der Waals surface area contributed by atoms with Crippen LogP contribution in [0.5, 0.6) is 0 Å². The third-order valence-corrected chi connectivity index (χ3v) is 13.8. The van der Waals surface area contributed by atoms with Crippen molar-refractivity contribution in [2.24, 2.45) is 0 Å². The van der Waals surface area contributed by atoms with Crippen LogP contribution in [0, 0.1) is 0 Å². The van der Waals surface area contributed by atoms with Crippen molar-refractivity contribution in [3.8, 4) is 39.1 Å². The second kappa shape index (κ2) is 15.2. The summed E-state index contributed by atoms with van der Waals surface area (Å²) in [6.45, 7) is 0. The molecule has 0 amide bonds.